The molecule has 1 unspecified atom stereocenters. The van der Waals surface area contributed by atoms with Crippen LogP contribution in [-0.2, 0) is 0 Å². The van der Waals surface area contributed by atoms with Gasteiger partial charge in [0.1, 0.15) is 0 Å². The first kappa shape index (κ1) is 12.4. The van der Waals surface area contributed by atoms with Crippen LogP contribution < -0.4 is 5.32 Å². The minimum Gasteiger partial charge on any atom is -0.359 e. The second-order valence-corrected chi connectivity index (χ2v) is 5.92. The minimum absolute atomic E-state index is 0.511. The normalized spacial score (nSPS) is 13.2. The monoisotopic (exact) mass is 248 g/mol. The number of aromatic nitrogens is 1. The summed E-state index contributed by atoms with van der Waals surface area (Å²) in [4.78, 5) is 4.63. The van der Waals surface area contributed by atoms with Crippen molar-refractivity contribution in [1.29, 1.82) is 0 Å². The van der Waals surface area contributed by atoms with E-state index in [9.17, 15) is 0 Å². The Labute approximate surface area is 107 Å². The quantitative estimate of drug-likeness (QED) is 0.864. The fraction of sp³-hybridized carbons (Fsp3) is 0.500. The van der Waals surface area contributed by atoms with Crippen molar-refractivity contribution in [1.82, 2.24) is 4.98 Å². The SMILES string of the molecule is CCC(Nc1nc2ccc(C)cc2s1)C(C)C. The number of thiazole rings is 1. The van der Waals surface area contributed by atoms with E-state index in [2.05, 4.69) is 56.2 Å². The van der Waals surface area contributed by atoms with E-state index in [4.69, 9.17) is 0 Å². The molecule has 0 saturated carbocycles. The van der Waals surface area contributed by atoms with Crippen LogP contribution >= 0.6 is 11.3 Å². The van der Waals surface area contributed by atoms with Gasteiger partial charge in [0.15, 0.2) is 5.13 Å². The highest BCUT2D eigenvalue weighted by Gasteiger charge is 2.13. The Balaban J connectivity index is 2.24. The molecule has 1 heterocycles. The van der Waals surface area contributed by atoms with Crippen molar-refractivity contribution in [3.05, 3.63) is 23.8 Å². The molecule has 1 N–H and O–H groups in total. The van der Waals surface area contributed by atoms with Crippen molar-refractivity contribution >= 4 is 26.7 Å². The van der Waals surface area contributed by atoms with Gasteiger partial charge in [-0.05, 0) is 37.0 Å². The molecule has 0 spiro atoms. The zero-order valence-corrected chi connectivity index (χ0v) is 11.8. The zero-order chi connectivity index (χ0) is 12.4. The zero-order valence-electron chi connectivity index (χ0n) is 10.9. The minimum atomic E-state index is 0.511. The molecule has 3 heteroatoms. The summed E-state index contributed by atoms with van der Waals surface area (Å²) in [6, 6.07) is 6.93. The van der Waals surface area contributed by atoms with E-state index in [1.807, 2.05) is 0 Å². The number of rotatable bonds is 4. The number of benzene rings is 1. The lowest BCUT2D eigenvalue weighted by Crippen LogP contribution is -2.24. The predicted molar refractivity (Wildman–Crippen MR) is 76.9 cm³/mol. The van der Waals surface area contributed by atoms with Gasteiger partial charge in [-0.25, -0.2) is 4.98 Å². The Hall–Kier alpha value is -1.09. The van der Waals surface area contributed by atoms with Crippen molar-refractivity contribution in [3.63, 3.8) is 0 Å². The molecular weight excluding hydrogens is 228 g/mol. The van der Waals surface area contributed by atoms with Gasteiger partial charge in [0.2, 0.25) is 0 Å². The van der Waals surface area contributed by atoms with Gasteiger partial charge >= 0.3 is 0 Å². The summed E-state index contributed by atoms with van der Waals surface area (Å²) in [7, 11) is 0. The lowest BCUT2D eigenvalue weighted by atomic mass is 10.0. The first-order valence-electron chi connectivity index (χ1n) is 6.24. The third-order valence-corrected chi connectivity index (χ3v) is 4.05. The summed E-state index contributed by atoms with van der Waals surface area (Å²) in [5, 5.41) is 4.59. The highest BCUT2D eigenvalue weighted by molar-refractivity contribution is 7.22. The molecule has 0 aliphatic rings. The first-order chi connectivity index (χ1) is 8.10. The van der Waals surface area contributed by atoms with E-state index in [0.717, 1.165) is 17.1 Å². The van der Waals surface area contributed by atoms with Crippen molar-refractivity contribution in [2.24, 2.45) is 5.92 Å². The fourth-order valence-corrected chi connectivity index (χ4v) is 3.02. The lowest BCUT2D eigenvalue weighted by Gasteiger charge is -2.19. The van der Waals surface area contributed by atoms with Crippen LogP contribution in [0, 0.1) is 12.8 Å². The van der Waals surface area contributed by atoms with E-state index in [1.165, 1.54) is 10.3 Å². The molecule has 0 radical (unpaired) electrons. The molecule has 0 fully saturated rings. The molecule has 1 aromatic carbocycles. The number of nitrogens with one attached hydrogen (secondary N) is 1. The van der Waals surface area contributed by atoms with Crippen LogP contribution in [0.3, 0.4) is 0 Å². The van der Waals surface area contributed by atoms with Gasteiger partial charge < -0.3 is 5.32 Å². The molecule has 0 bridgehead atoms. The third-order valence-electron chi connectivity index (χ3n) is 3.10. The second-order valence-electron chi connectivity index (χ2n) is 4.89. The topological polar surface area (TPSA) is 24.9 Å². The number of aryl methyl sites for hydroxylation is 1. The van der Waals surface area contributed by atoms with E-state index >= 15 is 0 Å². The molecule has 1 aromatic heterocycles. The molecule has 1 atom stereocenters. The Morgan fingerprint density at radius 1 is 1.35 bits per heavy atom. The summed E-state index contributed by atoms with van der Waals surface area (Å²) in [5.74, 6) is 0.633. The molecule has 2 aromatic rings. The second kappa shape index (κ2) is 5.05. The Bertz CT molecular complexity index is 502. The van der Waals surface area contributed by atoms with Crippen molar-refractivity contribution < 1.29 is 0 Å². The van der Waals surface area contributed by atoms with Crippen LogP contribution in [0.25, 0.3) is 10.2 Å². The molecule has 17 heavy (non-hydrogen) atoms. The number of anilines is 1. The van der Waals surface area contributed by atoms with Crippen LogP contribution in [0.4, 0.5) is 5.13 Å². The number of nitrogens with zero attached hydrogens (tertiary/aromatic N) is 1. The van der Waals surface area contributed by atoms with Gasteiger partial charge in [-0.15, -0.1) is 0 Å². The van der Waals surface area contributed by atoms with E-state index < -0.39 is 0 Å². The fourth-order valence-electron chi connectivity index (χ4n) is 1.99. The molecular formula is C14H20N2S. The van der Waals surface area contributed by atoms with Gasteiger partial charge in [-0.1, -0.05) is 38.2 Å². The maximum atomic E-state index is 4.63. The van der Waals surface area contributed by atoms with Crippen LogP contribution in [0.1, 0.15) is 32.8 Å². The largest absolute Gasteiger partial charge is 0.359 e. The Kier molecular flexibility index (Phi) is 3.67. The lowest BCUT2D eigenvalue weighted by molar-refractivity contribution is 0.511. The average Bonchev–Trinajstić information content (AvgIpc) is 2.66. The highest BCUT2D eigenvalue weighted by Crippen LogP contribution is 2.28. The van der Waals surface area contributed by atoms with E-state index in [1.54, 1.807) is 11.3 Å². The number of hydrogen-bond acceptors (Lipinski definition) is 3. The first-order valence-corrected chi connectivity index (χ1v) is 7.05. The summed E-state index contributed by atoms with van der Waals surface area (Å²) < 4.78 is 1.27. The van der Waals surface area contributed by atoms with Gasteiger partial charge in [-0.3, -0.25) is 0 Å². The van der Waals surface area contributed by atoms with Gasteiger partial charge in [0, 0.05) is 6.04 Å². The number of fused-ring (bicyclic) bond motifs is 1. The molecule has 0 saturated heterocycles. The van der Waals surface area contributed by atoms with Gasteiger partial charge in [-0.2, -0.15) is 0 Å². The summed E-state index contributed by atoms with van der Waals surface area (Å²) in [6.45, 7) is 8.83. The van der Waals surface area contributed by atoms with Gasteiger partial charge in [0.05, 0.1) is 10.2 Å². The highest BCUT2D eigenvalue weighted by atomic mass is 32.1. The molecule has 2 rings (SSSR count). The third kappa shape index (κ3) is 2.78. The average molecular weight is 248 g/mol. The van der Waals surface area contributed by atoms with E-state index in [0.29, 0.717) is 12.0 Å². The van der Waals surface area contributed by atoms with Crippen LogP contribution in [-0.4, -0.2) is 11.0 Å². The molecule has 2 nitrogen and oxygen atoms in total. The van der Waals surface area contributed by atoms with Crippen LogP contribution in [0.2, 0.25) is 0 Å². The summed E-state index contributed by atoms with van der Waals surface area (Å²) in [6.07, 6.45) is 1.13. The summed E-state index contributed by atoms with van der Waals surface area (Å²) in [5.41, 5.74) is 2.39. The standard InChI is InChI=1S/C14H20N2S/c1-5-11(9(2)3)15-14-16-12-7-6-10(4)8-13(12)17-14/h6-9,11H,5H2,1-4H3,(H,15,16). The van der Waals surface area contributed by atoms with Gasteiger partial charge in [0.25, 0.3) is 0 Å². The Morgan fingerprint density at radius 2 is 2.12 bits per heavy atom. The molecule has 0 aliphatic heterocycles. The Morgan fingerprint density at radius 3 is 2.76 bits per heavy atom. The van der Waals surface area contributed by atoms with Crippen LogP contribution in [0.5, 0.6) is 0 Å². The summed E-state index contributed by atoms with van der Waals surface area (Å²) >= 11 is 1.75. The van der Waals surface area contributed by atoms with Crippen LogP contribution in [0.15, 0.2) is 18.2 Å². The van der Waals surface area contributed by atoms with E-state index in [-0.39, 0.29) is 0 Å². The smallest absolute Gasteiger partial charge is 0.184 e. The van der Waals surface area contributed by atoms with Crippen molar-refractivity contribution in [2.75, 3.05) is 5.32 Å². The molecule has 92 valence electrons. The van der Waals surface area contributed by atoms with Crippen molar-refractivity contribution in [2.45, 2.75) is 40.2 Å². The van der Waals surface area contributed by atoms with Crippen molar-refractivity contribution in [3.8, 4) is 0 Å². The predicted octanol–water partition coefficient (Wildman–Crippen LogP) is 4.45. The maximum absolute atomic E-state index is 4.63. The number of hydrogen-bond donors (Lipinski definition) is 1. The molecule has 0 amide bonds. The maximum Gasteiger partial charge on any atom is 0.184 e. The molecule has 0 aliphatic carbocycles.